The monoisotopic (exact) mass is 482 g/mol. The molecule has 0 saturated heterocycles. The van der Waals surface area contributed by atoms with Crippen molar-refractivity contribution in [1.29, 1.82) is 0 Å². The fourth-order valence-corrected chi connectivity index (χ4v) is 2.64. The normalized spacial score (nSPS) is 12.0. The molecule has 0 unspecified atom stereocenters. The van der Waals surface area contributed by atoms with Gasteiger partial charge in [0.05, 0.1) is 0 Å². The van der Waals surface area contributed by atoms with Crippen molar-refractivity contribution in [2.75, 3.05) is 0 Å². The summed E-state index contributed by atoms with van der Waals surface area (Å²) in [5, 5.41) is 0. The van der Waals surface area contributed by atoms with E-state index < -0.39 is 71.1 Å². The number of halogens is 8. The average Bonchev–Trinajstić information content (AvgIpc) is 3.11. The molecular formula is C19H10F8N2O4. The molecule has 6 nitrogen and oxygen atoms in total. The van der Waals surface area contributed by atoms with Gasteiger partial charge >= 0.3 is 12.5 Å². The third-order valence-corrected chi connectivity index (χ3v) is 3.94. The third-order valence-electron chi connectivity index (χ3n) is 3.94. The van der Waals surface area contributed by atoms with E-state index in [1.165, 1.54) is 0 Å². The van der Waals surface area contributed by atoms with Gasteiger partial charge < -0.3 is 19.6 Å². The maximum absolute atomic E-state index is 14.2. The van der Waals surface area contributed by atoms with Crippen LogP contribution in [0.3, 0.4) is 0 Å². The smallest absolute Gasteiger partial charge is 0.481 e. The predicted octanol–water partition coefficient (Wildman–Crippen LogP) is 5.22. The molecule has 0 saturated carbocycles. The maximum atomic E-state index is 14.2. The predicted molar refractivity (Wildman–Crippen MR) is 92.8 cm³/mol. The molecule has 0 fully saturated rings. The third kappa shape index (κ3) is 5.51. The molecule has 3 rings (SSSR count). The lowest BCUT2D eigenvalue weighted by atomic mass is 10.1. The van der Waals surface area contributed by atoms with Gasteiger partial charge in [-0.3, -0.25) is 4.79 Å². The van der Waals surface area contributed by atoms with Gasteiger partial charge in [0, 0.05) is 5.56 Å². The molecule has 1 amide bonds. The summed E-state index contributed by atoms with van der Waals surface area (Å²) in [4.78, 5) is 14.8. The number of carbonyl (C=O) groups is 1. The number of hydrogen-bond acceptors (Lipinski definition) is 5. The number of rotatable bonds is 6. The van der Waals surface area contributed by atoms with Gasteiger partial charge in [0.2, 0.25) is 11.7 Å². The lowest BCUT2D eigenvalue weighted by molar-refractivity contribution is -0.274. The highest BCUT2D eigenvalue weighted by molar-refractivity contribution is 5.93. The summed E-state index contributed by atoms with van der Waals surface area (Å²) in [6, 6.07) is 4.74. The van der Waals surface area contributed by atoms with Gasteiger partial charge in [-0.15, -0.1) is 13.2 Å². The van der Waals surface area contributed by atoms with E-state index in [2.05, 4.69) is 14.1 Å². The second-order valence-corrected chi connectivity index (χ2v) is 6.24. The van der Waals surface area contributed by atoms with Gasteiger partial charge in [0.15, 0.2) is 18.2 Å². The van der Waals surface area contributed by atoms with Crippen LogP contribution in [0.1, 0.15) is 22.0 Å². The number of primary amides is 1. The van der Waals surface area contributed by atoms with E-state index in [9.17, 15) is 39.9 Å². The molecule has 1 heterocycles. The zero-order valence-corrected chi connectivity index (χ0v) is 15.9. The minimum absolute atomic E-state index is 0.268. The molecule has 0 spiro atoms. The largest absolute Gasteiger partial charge is 0.573 e. The van der Waals surface area contributed by atoms with Crippen LogP contribution < -0.4 is 15.2 Å². The zero-order chi connectivity index (χ0) is 24.6. The van der Waals surface area contributed by atoms with E-state index in [4.69, 9.17) is 10.5 Å². The van der Waals surface area contributed by atoms with Crippen LogP contribution in [0.25, 0.3) is 11.3 Å². The second kappa shape index (κ2) is 8.60. The van der Waals surface area contributed by atoms with Gasteiger partial charge in [-0.25, -0.2) is 13.8 Å². The van der Waals surface area contributed by atoms with Crippen molar-refractivity contribution < 1.29 is 53.8 Å². The minimum Gasteiger partial charge on any atom is -0.481 e. The molecule has 0 aliphatic heterocycles. The van der Waals surface area contributed by atoms with Gasteiger partial charge in [0.25, 0.3) is 5.91 Å². The van der Waals surface area contributed by atoms with E-state index in [1.807, 2.05) is 0 Å². The standard InChI is InChI=1S/C19H10F8N2O4/c20-10-5-6-11(14(21)13(10)17(28)30)31-7-12-29-15(16(32-12)18(22,23)24)8-1-3-9(4-2-8)33-19(25,26)27/h1-6H,7H2,(H2,28,30). The molecular weight excluding hydrogens is 472 g/mol. The van der Waals surface area contributed by atoms with Crippen molar-refractivity contribution in [3.63, 3.8) is 0 Å². The summed E-state index contributed by atoms with van der Waals surface area (Å²) in [5.41, 5.74) is 2.71. The number of benzene rings is 2. The summed E-state index contributed by atoms with van der Waals surface area (Å²) >= 11 is 0. The highest BCUT2D eigenvalue weighted by atomic mass is 19.4. The molecule has 3 aromatic rings. The minimum atomic E-state index is -5.05. The quantitative estimate of drug-likeness (QED) is 0.487. The molecule has 14 heteroatoms. The Balaban J connectivity index is 1.89. The number of nitrogens with two attached hydrogens (primary N) is 1. The van der Waals surface area contributed by atoms with Crippen LogP contribution >= 0.6 is 0 Å². The Morgan fingerprint density at radius 2 is 1.64 bits per heavy atom. The summed E-state index contributed by atoms with van der Waals surface area (Å²) in [7, 11) is 0. The number of amides is 1. The Hall–Kier alpha value is -3.84. The first kappa shape index (κ1) is 23.8. The molecule has 0 bridgehead atoms. The molecule has 2 aromatic carbocycles. The zero-order valence-electron chi connectivity index (χ0n) is 15.9. The fraction of sp³-hybridized carbons (Fsp3) is 0.158. The van der Waals surface area contributed by atoms with E-state index >= 15 is 0 Å². The molecule has 0 aliphatic carbocycles. The van der Waals surface area contributed by atoms with Crippen LogP contribution in [-0.2, 0) is 12.8 Å². The van der Waals surface area contributed by atoms with Crippen molar-refractivity contribution in [2.24, 2.45) is 5.73 Å². The Morgan fingerprint density at radius 1 is 1.00 bits per heavy atom. The summed E-state index contributed by atoms with van der Waals surface area (Å²) in [5.74, 6) is -7.88. The first-order valence-corrected chi connectivity index (χ1v) is 8.60. The van der Waals surface area contributed by atoms with E-state index in [0.717, 1.165) is 30.3 Å². The molecule has 33 heavy (non-hydrogen) atoms. The molecule has 0 aliphatic rings. The van der Waals surface area contributed by atoms with Crippen LogP contribution in [-0.4, -0.2) is 17.3 Å². The molecule has 2 N–H and O–H groups in total. The Labute approximate surface area is 178 Å². The summed E-state index contributed by atoms with van der Waals surface area (Å²) < 4.78 is 118. The summed E-state index contributed by atoms with van der Waals surface area (Å²) in [6.07, 6.45) is -10.1. The number of alkyl halides is 6. The lowest BCUT2D eigenvalue weighted by Gasteiger charge is -2.09. The Morgan fingerprint density at radius 3 is 2.18 bits per heavy atom. The van der Waals surface area contributed by atoms with Gasteiger partial charge in [-0.1, -0.05) is 0 Å². The number of hydrogen-bond donors (Lipinski definition) is 1. The van der Waals surface area contributed by atoms with E-state index in [1.54, 1.807) is 0 Å². The number of nitrogens with zero attached hydrogens (tertiary/aromatic N) is 1. The van der Waals surface area contributed by atoms with E-state index in [-0.39, 0.29) is 5.56 Å². The van der Waals surface area contributed by atoms with Crippen molar-refractivity contribution in [3.8, 4) is 22.8 Å². The maximum Gasteiger partial charge on any atom is 0.573 e. The number of oxazole rings is 1. The number of aromatic nitrogens is 1. The second-order valence-electron chi connectivity index (χ2n) is 6.24. The van der Waals surface area contributed by atoms with Crippen molar-refractivity contribution in [1.82, 2.24) is 4.98 Å². The lowest BCUT2D eigenvalue weighted by Crippen LogP contribution is -2.16. The Bertz CT molecular complexity index is 1170. The van der Waals surface area contributed by atoms with E-state index in [0.29, 0.717) is 6.07 Å². The van der Waals surface area contributed by atoms with Crippen LogP contribution in [0.15, 0.2) is 40.8 Å². The highest BCUT2D eigenvalue weighted by Gasteiger charge is 2.40. The number of carbonyl (C=O) groups excluding carboxylic acids is 1. The molecule has 0 radical (unpaired) electrons. The van der Waals surface area contributed by atoms with Crippen molar-refractivity contribution >= 4 is 5.91 Å². The SMILES string of the molecule is NC(=O)c1c(F)ccc(OCc2nc(-c3ccc(OC(F)(F)F)cc3)c(C(F)(F)F)o2)c1F. The first-order chi connectivity index (χ1) is 15.3. The van der Waals surface area contributed by atoms with Crippen LogP contribution in [0, 0.1) is 11.6 Å². The molecule has 176 valence electrons. The van der Waals surface area contributed by atoms with Crippen molar-refractivity contribution in [2.45, 2.75) is 19.1 Å². The molecule has 0 atom stereocenters. The average molecular weight is 482 g/mol. The van der Waals surface area contributed by atoms with Crippen molar-refractivity contribution in [3.05, 3.63) is 65.2 Å². The number of ether oxygens (including phenoxy) is 2. The van der Waals surface area contributed by atoms with Crippen LogP contribution in [0.4, 0.5) is 35.1 Å². The van der Waals surface area contributed by atoms with Gasteiger partial charge in [0.1, 0.15) is 22.8 Å². The summed E-state index contributed by atoms with van der Waals surface area (Å²) in [6.45, 7) is -0.876. The fourth-order valence-electron chi connectivity index (χ4n) is 2.64. The highest BCUT2D eigenvalue weighted by Crippen LogP contribution is 2.38. The van der Waals surface area contributed by atoms with Gasteiger partial charge in [-0.2, -0.15) is 13.2 Å². The Kier molecular flexibility index (Phi) is 6.20. The molecule has 1 aromatic heterocycles. The van der Waals surface area contributed by atoms with Crippen LogP contribution in [0.2, 0.25) is 0 Å². The topological polar surface area (TPSA) is 87.6 Å². The van der Waals surface area contributed by atoms with Gasteiger partial charge in [-0.05, 0) is 36.4 Å². The first-order valence-electron chi connectivity index (χ1n) is 8.60. The van der Waals surface area contributed by atoms with Crippen LogP contribution in [0.5, 0.6) is 11.5 Å².